The maximum absolute atomic E-state index is 6.52. The molecule has 2 heteroatoms. The van der Waals surface area contributed by atoms with Crippen molar-refractivity contribution >= 4 is 49.8 Å². The smallest absolute Gasteiger partial charge is 0.137 e. The molecule has 0 amide bonds. The third kappa shape index (κ3) is 6.32. The molecule has 1 aromatic heterocycles. The normalized spacial score (nSPS) is 11.3. The fraction of sp³-hybridized carbons (Fsp3) is 0. The lowest BCUT2D eigenvalue weighted by molar-refractivity contribution is 0.669. The summed E-state index contributed by atoms with van der Waals surface area (Å²) in [5, 5.41) is 4.73. The Morgan fingerprint density at radius 3 is 1.55 bits per heavy atom. The zero-order valence-corrected chi connectivity index (χ0v) is 32.9. The van der Waals surface area contributed by atoms with Gasteiger partial charge in [0.25, 0.3) is 0 Å². The number of para-hydroxylation sites is 1. The molecule has 2 nitrogen and oxygen atoms in total. The summed E-state index contributed by atoms with van der Waals surface area (Å²) in [6.07, 6.45) is 0. The van der Waals surface area contributed by atoms with Crippen LogP contribution in [0, 0.1) is 0 Å². The van der Waals surface area contributed by atoms with Gasteiger partial charge >= 0.3 is 0 Å². The summed E-state index contributed by atoms with van der Waals surface area (Å²) in [5.41, 5.74) is 16.6. The first kappa shape index (κ1) is 35.2. The van der Waals surface area contributed by atoms with Gasteiger partial charge in [-0.2, -0.15) is 0 Å². The third-order valence-corrected chi connectivity index (χ3v) is 11.7. The van der Waals surface area contributed by atoms with Gasteiger partial charge in [-0.05, 0) is 97.2 Å². The van der Waals surface area contributed by atoms with Crippen LogP contribution < -0.4 is 4.90 Å². The Kier molecular flexibility index (Phi) is 8.87. The van der Waals surface area contributed by atoms with Crippen LogP contribution in [0.5, 0.6) is 0 Å². The molecule has 0 radical (unpaired) electrons. The second kappa shape index (κ2) is 15.1. The van der Waals surface area contributed by atoms with Gasteiger partial charge in [-0.15, -0.1) is 0 Å². The third-order valence-electron chi connectivity index (χ3n) is 11.7. The van der Waals surface area contributed by atoms with Crippen LogP contribution in [-0.4, -0.2) is 0 Å². The summed E-state index contributed by atoms with van der Waals surface area (Å²) < 4.78 is 6.52. The highest BCUT2D eigenvalue weighted by atomic mass is 16.3. The molecule has 60 heavy (non-hydrogen) atoms. The number of nitrogens with zero attached hydrogens (tertiary/aromatic N) is 1. The highest BCUT2D eigenvalue weighted by molar-refractivity contribution is 6.07. The van der Waals surface area contributed by atoms with Gasteiger partial charge in [0, 0.05) is 33.8 Å². The molecular formula is C58H39NO. The van der Waals surface area contributed by atoms with Crippen molar-refractivity contribution in [3.8, 4) is 55.6 Å². The topological polar surface area (TPSA) is 16.4 Å². The van der Waals surface area contributed by atoms with Crippen molar-refractivity contribution in [2.75, 3.05) is 4.90 Å². The molecule has 0 N–H and O–H groups in total. The molecular weight excluding hydrogens is 727 g/mol. The van der Waals surface area contributed by atoms with Crippen LogP contribution >= 0.6 is 0 Å². The Hall–Kier alpha value is -7.94. The van der Waals surface area contributed by atoms with Crippen molar-refractivity contribution in [2.24, 2.45) is 0 Å². The van der Waals surface area contributed by atoms with Gasteiger partial charge < -0.3 is 9.32 Å². The summed E-state index contributed by atoms with van der Waals surface area (Å²) in [5.74, 6) is 0. The van der Waals surface area contributed by atoms with Gasteiger partial charge in [0.05, 0.1) is 5.69 Å². The minimum Gasteiger partial charge on any atom is -0.456 e. The fourth-order valence-electron chi connectivity index (χ4n) is 8.84. The highest BCUT2D eigenvalue weighted by Crippen LogP contribution is 2.49. The van der Waals surface area contributed by atoms with Gasteiger partial charge in [-0.1, -0.05) is 194 Å². The van der Waals surface area contributed by atoms with Crippen LogP contribution in [0.2, 0.25) is 0 Å². The Bertz CT molecular complexity index is 3290. The van der Waals surface area contributed by atoms with Crippen molar-refractivity contribution in [2.45, 2.75) is 0 Å². The van der Waals surface area contributed by atoms with Gasteiger partial charge in [-0.25, -0.2) is 0 Å². The Morgan fingerprint density at radius 2 is 0.783 bits per heavy atom. The first-order chi connectivity index (χ1) is 29.8. The van der Waals surface area contributed by atoms with E-state index in [1.165, 1.54) is 38.6 Å². The number of rotatable bonds is 8. The minimum absolute atomic E-state index is 0.854. The molecule has 282 valence electrons. The monoisotopic (exact) mass is 765 g/mol. The predicted molar refractivity (Wildman–Crippen MR) is 253 cm³/mol. The molecule has 10 aromatic carbocycles. The zero-order chi connectivity index (χ0) is 39.8. The molecule has 0 spiro atoms. The van der Waals surface area contributed by atoms with Crippen molar-refractivity contribution < 1.29 is 4.42 Å². The van der Waals surface area contributed by atoms with Crippen LogP contribution in [0.25, 0.3) is 88.3 Å². The number of benzene rings is 10. The molecule has 0 bridgehead atoms. The number of fused-ring (bicyclic) bond motifs is 4. The molecule has 0 saturated carbocycles. The first-order valence-corrected chi connectivity index (χ1v) is 20.5. The quantitative estimate of drug-likeness (QED) is 0.153. The SMILES string of the molecule is c1ccc(-c2ccccc2-c2c(-c3ccccc3)cccc2N(c2ccc(-c3ccc(-c4cccc5ccccc45)cc3)cc2)c2ccc3c(c2)oc2ccccc23)cc1. The summed E-state index contributed by atoms with van der Waals surface area (Å²) in [6.45, 7) is 0. The van der Waals surface area contributed by atoms with Gasteiger partial charge in [0.1, 0.15) is 11.2 Å². The maximum atomic E-state index is 6.52. The molecule has 0 aliphatic carbocycles. The van der Waals surface area contributed by atoms with E-state index in [0.717, 1.165) is 66.8 Å². The summed E-state index contributed by atoms with van der Waals surface area (Å²) >= 11 is 0. The van der Waals surface area contributed by atoms with Crippen LogP contribution in [0.3, 0.4) is 0 Å². The van der Waals surface area contributed by atoms with Gasteiger partial charge in [-0.3, -0.25) is 0 Å². The van der Waals surface area contributed by atoms with Crippen LogP contribution in [-0.2, 0) is 0 Å². The van der Waals surface area contributed by atoms with E-state index in [-0.39, 0.29) is 0 Å². The second-order valence-electron chi connectivity index (χ2n) is 15.2. The van der Waals surface area contributed by atoms with Gasteiger partial charge in [0.15, 0.2) is 0 Å². The summed E-state index contributed by atoms with van der Waals surface area (Å²) in [7, 11) is 0. The standard InChI is InChI=1S/C58H39NO/c1-3-15-42(16-4-1)50-22-9-10-24-54(50)58-51(44-17-5-2-6-18-44)26-14-27-55(58)59(47-37-38-53-52-23-11-12-28-56(52)60-57(53)39-47)46-35-33-41(34-36-46)40-29-31-45(32-30-40)49-25-13-20-43-19-7-8-21-48(43)49/h1-39H. The molecule has 0 aliphatic rings. The first-order valence-electron chi connectivity index (χ1n) is 20.5. The van der Waals surface area contributed by atoms with Crippen molar-refractivity contribution in [1.29, 1.82) is 0 Å². The molecule has 1 heterocycles. The van der Waals surface area contributed by atoms with E-state index in [0.29, 0.717) is 0 Å². The molecule has 0 atom stereocenters. The van der Waals surface area contributed by atoms with E-state index in [9.17, 15) is 0 Å². The molecule has 0 unspecified atom stereocenters. The van der Waals surface area contributed by atoms with Crippen LogP contribution in [0.1, 0.15) is 0 Å². The fourth-order valence-corrected chi connectivity index (χ4v) is 8.84. The average Bonchev–Trinajstić information content (AvgIpc) is 3.70. The molecule has 0 aliphatic heterocycles. The molecule has 11 aromatic rings. The second-order valence-corrected chi connectivity index (χ2v) is 15.2. The van der Waals surface area contributed by atoms with E-state index in [2.05, 4.69) is 229 Å². The zero-order valence-electron chi connectivity index (χ0n) is 32.9. The number of furan rings is 1. The summed E-state index contributed by atoms with van der Waals surface area (Å²) in [4.78, 5) is 2.39. The van der Waals surface area contributed by atoms with Crippen LogP contribution in [0.15, 0.2) is 241 Å². The predicted octanol–water partition coefficient (Wildman–Crippen LogP) is 16.5. The lowest BCUT2D eigenvalue weighted by Gasteiger charge is -2.30. The van der Waals surface area contributed by atoms with Crippen molar-refractivity contribution in [3.63, 3.8) is 0 Å². The number of anilines is 3. The lowest BCUT2D eigenvalue weighted by atomic mass is 9.87. The Morgan fingerprint density at radius 1 is 0.283 bits per heavy atom. The lowest BCUT2D eigenvalue weighted by Crippen LogP contribution is -2.12. The van der Waals surface area contributed by atoms with E-state index < -0.39 is 0 Å². The average molecular weight is 766 g/mol. The maximum Gasteiger partial charge on any atom is 0.137 e. The Labute approximate surface area is 349 Å². The molecule has 0 fully saturated rings. The largest absolute Gasteiger partial charge is 0.456 e. The van der Waals surface area contributed by atoms with E-state index in [1.807, 2.05) is 12.1 Å². The number of hydrogen-bond donors (Lipinski definition) is 0. The minimum atomic E-state index is 0.854. The highest BCUT2D eigenvalue weighted by Gasteiger charge is 2.23. The van der Waals surface area contributed by atoms with Crippen LogP contribution in [0.4, 0.5) is 17.1 Å². The Balaban J connectivity index is 1.09. The van der Waals surface area contributed by atoms with Crippen molar-refractivity contribution in [1.82, 2.24) is 0 Å². The summed E-state index contributed by atoms with van der Waals surface area (Å²) in [6, 6.07) is 84.9. The van der Waals surface area contributed by atoms with Gasteiger partial charge in [0.2, 0.25) is 0 Å². The molecule has 0 saturated heterocycles. The van der Waals surface area contributed by atoms with E-state index in [1.54, 1.807) is 0 Å². The van der Waals surface area contributed by atoms with E-state index >= 15 is 0 Å². The molecule has 11 rings (SSSR count). The number of hydrogen-bond acceptors (Lipinski definition) is 2. The van der Waals surface area contributed by atoms with Crippen molar-refractivity contribution in [3.05, 3.63) is 237 Å². The van der Waals surface area contributed by atoms with E-state index in [4.69, 9.17) is 4.42 Å².